The van der Waals surface area contributed by atoms with Crippen molar-refractivity contribution in [3.05, 3.63) is 58.9 Å². The van der Waals surface area contributed by atoms with E-state index in [2.05, 4.69) is 11.1 Å². The molecule has 2 heterocycles. The number of benzene rings is 1. The van der Waals surface area contributed by atoms with Crippen LogP contribution in [-0.2, 0) is 24.2 Å². The summed E-state index contributed by atoms with van der Waals surface area (Å²) in [5.41, 5.74) is 4.00. The van der Waals surface area contributed by atoms with Gasteiger partial charge in [-0.05, 0) is 55.4 Å². The second kappa shape index (κ2) is 9.00. The SMILES string of the molecule is CCc1nc(C)ccc1OCC(=O)N1CCC(Cc2cccc(CO)c2)C1. The Morgan fingerprint density at radius 2 is 2.11 bits per heavy atom. The van der Waals surface area contributed by atoms with Gasteiger partial charge in [0.15, 0.2) is 6.61 Å². The molecule has 1 N–H and O–H groups in total. The summed E-state index contributed by atoms with van der Waals surface area (Å²) in [5, 5.41) is 9.27. The fraction of sp³-hybridized carbons (Fsp3) is 0.455. The van der Waals surface area contributed by atoms with Crippen molar-refractivity contribution in [1.29, 1.82) is 0 Å². The molecular weight excluding hydrogens is 340 g/mol. The molecule has 0 spiro atoms. The predicted octanol–water partition coefficient (Wildman–Crippen LogP) is 2.91. The van der Waals surface area contributed by atoms with E-state index in [0.717, 1.165) is 49.3 Å². The first-order valence-electron chi connectivity index (χ1n) is 9.64. The van der Waals surface area contributed by atoms with Gasteiger partial charge >= 0.3 is 0 Å². The molecule has 0 bridgehead atoms. The molecule has 0 saturated carbocycles. The number of aliphatic hydroxyl groups excluding tert-OH is 1. The second-order valence-electron chi connectivity index (χ2n) is 7.22. The second-order valence-corrected chi connectivity index (χ2v) is 7.22. The van der Waals surface area contributed by atoms with Crippen LogP contribution in [0.15, 0.2) is 36.4 Å². The van der Waals surface area contributed by atoms with E-state index in [9.17, 15) is 9.90 Å². The van der Waals surface area contributed by atoms with Gasteiger partial charge in [0.2, 0.25) is 0 Å². The number of hydrogen-bond donors (Lipinski definition) is 1. The van der Waals surface area contributed by atoms with Gasteiger partial charge in [0, 0.05) is 18.8 Å². The van der Waals surface area contributed by atoms with Crippen LogP contribution < -0.4 is 4.74 Å². The minimum Gasteiger partial charge on any atom is -0.482 e. The first-order valence-corrected chi connectivity index (χ1v) is 9.64. The van der Waals surface area contributed by atoms with Crippen molar-refractivity contribution in [3.8, 4) is 5.75 Å². The summed E-state index contributed by atoms with van der Waals surface area (Å²) in [6.45, 7) is 5.65. The van der Waals surface area contributed by atoms with Crippen LogP contribution in [0.25, 0.3) is 0 Å². The molecule has 1 aliphatic heterocycles. The van der Waals surface area contributed by atoms with E-state index in [4.69, 9.17) is 4.74 Å². The van der Waals surface area contributed by atoms with Gasteiger partial charge in [-0.3, -0.25) is 9.78 Å². The first-order chi connectivity index (χ1) is 13.1. The van der Waals surface area contributed by atoms with Crippen LogP contribution in [0, 0.1) is 12.8 Å². The minimum atomic E-state index is 0.0317. The summed E-state index contributed by atoms with van der Waals surface area (Å²) in [6.07, 6.45) is 2.71. The molecule has 1 aromatic heterocycles. The van der Waals surface area contributed by atoms with Crippen LogP contribution in [0.2, 0.25) is 0 Å². The number of aliphatic hydroxyl groups is 1. The quantitative estimate of drug-likeness (QED) is 0.816. The predicted molar refractivity (Wildman–Crippen MR) is 105 cm³/mol. The molecule has 3 rings (SSSR count). The average molecular weight is 368 g/mol. The molecule has 2 aromatic rings. The molecule has 1 saturated heterocycles. The van der Waals surface area contributed by atoms with Crippen LogP contribution in [-0.4, -0.2) is 40.6 Å². The Labute approximate surface area is 161 Å². The molecule has 0 radical (unpaired) electrons. The van der Waals surface area contributed by atoms with Crippen LogP contribution in [0.4, 0.5) is 0 Å². The summed E-state index contributed by atoms with van der Waals surface area (Å²) >= 11 is 0. The number of aryl methyl sites for hydroxylation is 2. The van der Waals surface area contributed by atoms with Crippen molar-refractivity contribution < 1.29 is 14.6 Å². The smallest absolute Gasteiger partial charge is 0.260 e. The van der Waals surface area contributed by atoms with E-state index in [0.29, 0.717) is 11.7 Å². The molecule has 1 amide bonds. The van der Waals surface area contributed by atoms with Gasteiger partial charge in [-0.15, -0.1) is 0 Å². The van der Waals surface area contributed by atoms with Crippen molar-refractivity contribution in [3.63, 3.8) is 0 Å². The standard InChI is InChI=1S/C22H28N2O3/c1-3-20-21(8-7-16(2)23-20)27-15-22(26)24-10-9-18(13-24)11-17-5-4-6-19(12-17)14-25/h4-8,12,18,25H,3,9-11,13-15H2,1-2H3. The zero-order valence-corrected chi connectivity index (χ0v) is 16.1. The van der Waals surface area contributed by atoms with Crippen molar-refractivity contribution in [2.45, 2.75) is 39.7 Å². The number of carbonyl (C=O) groups is 1. The highest BCUT2D eigenvalue weighted by atomic mass is 16.5. The van der Waals surface area contributed by atoms with E-state index >= 15 is 0 Å². The molecule has 0 aliphatic carbocycles. The Balaban J connectivity index is 1.52. The van der Waals surface area contributed by atoms with E-state index in [-0.39, 0.29) is 19.1 Å². The lowest BCUT2D eigenvalue weighted by Crippen LogP contribution is -2.33. The van der Waals surface area contributed by atoms with Gasteiger partial charge < -0.3 is 14.7 Å². The van der Waals surface area contributed by atoms with Crippen LogP contribution in [0.1, 0.15) is 35.9 Å². The van der Waals surface area contributed by atoms with Gasteiger partial charge in [0.25, 0.3) is 5.91 Å². The molecule has 1 aliphatic rings. The number of ether oxygens (including phenoxy) is 1. The van der Waals surface area contributed by atoms with Crippen molar-refractivity contribution >= 4 is 5.91 Å². The Bertz CT molecular complexity index is 791. The van der Waals surface area contributed by atoms with Crippen LogP contribution >= 0.6 is 0 Å². The van der Waals surface area contributed by atoms with Crippen LogP contribution in [0.5, 0.6) is 5.75 Å². The van der Waals surface area contributed by atoms with E-state index < -0.39 is 0 Å². The Hall–Kier alpha value is -2.40. The van der Waals surface area contributed by atoms with Crippen molar-refractivity contribution in [2.24, 2.45) is 5.92 Å². The lowest BCUT2D eigenvalue weighted by Gasteiger charge is -2.18. The topological polar surface area (TPSA) is 62.7 Å². The molecule has 1 unspecified atom stereocenters. The summed E-state index contributed by atoms with van der Waals surface area (Å²) < 4.78 is 5.76. The van der Waals surface area contributed by atoms with Crippen LogP contribution in [0.3, 0.4) is 0 Å². The lowest BCUT2D eigenvalue weighted by atomic mass is 9.97. The maximum atomic E-state index is 12.5. The highest BCUT2D eigenvalue weighted by Gasteiger charge is 2.26. The van der Waals surface area contributed by atoms with E-state index in [1.807, 2.05) is 49.1 Å². The molecule has 5 heteroatoms. The van der Waals surface area contributed by atoms with Gasteiger partial charge in [-0.1, -0.05) is 31.2 Å². The zero-order chi connectivity index (χ0) is 19.2. The van der Waals surface area contributed by atoms with Gasteiger partial charge in [-0.2, -0.15) is 0 Å². The van der Waals surface area contributed by atoms with Crippen molar-refractivity contribution in [1.82, 2.24) is 9.88 Å². The van der Waals surface area contributed by atoms with E-state index in [1.165, 1.54) is 5.56 Å². The lowest BCUT2D eigenvalue weighted by molar-refractivity contribution is -0.132. The minimum absolute atomic E-state index is 0.0317. The highest BCUT2D eigenvalue weighted by Crippen LogP contribution is 2.22. The Morgan fingerprint density at radius 3 is 2.89 bits per heavy atom. The van der Waals surface area contributed by atoms with Gasteiger partial charge in [-0.25, -0.2) is 0 Å². The fourth-order valence-corrected chi connectivity index (χ4v) is 3.63. The molecule has 1 fully saturated rings. The maximum absolute atomic E-state index is 12.5. The number of pyridine rings is 1. The largest absolute Gasteiger partial charge is 0.482 e. The number of nitrogens with zero attached hydrogens (tertiary/aromatic N) is 2. The summed E-state index contributed by atoms with van der Waals surface area (Å²) in [7, 11) is 0. The molecule has 144 valence electrons. The number of likely N-dealkylation sites (tertiary alicyclic amines) is 1. The van der Waals surface area contributed by atoms with Gasteiger partial charge in [0.1, 0.15) is 5.75 Å². The molecule has 5 nitrogen and oxygen atoms in total. The highest BCUT2D eigenvalue weighted by molar-refractivity contribution is 5.78. The third-order valence-electron chi connectivity index (χ3n) is 5.09. The fourth-order valence-electron chi connectivity index (χ4n) is 3.63. The van der Waals surface area contributed by atoms with Crippen molar-refractivity contribution in [2.75, 3.05) is 19.7 Å². The molecule has 27 heavy (non-hydrogen) atoms. The summed E-state index contributed by atoms with van der Waals surface area (Å²) in [5.74, 6) is 1.19. The number of hydrogen-bond acceptors (Lipinski definition) is 4. The normalized spacial score (nSPS) is 16.6. The summed E-state index contributed by atoms with van der Waals surface area (Å²) in [6, 6.07) is 11.8. The maximum Gasteiger partial charge on any atom is 0.260 e. The molecule has 1 atom stereocenters. The zero-order valence-electron chi connectivity index (χ0n) is 16.1. The average Bonchev–Trinajstić information content (AvgIpc) is 3.15. The Morgan fingerprint density at radius 1 is 1.30 bits per heavy atom. The number of aromatic nitrogens is 1. The Kier molecular flexibility index (Phi) is 6.45. The monoisotopic (exact) mass is 368 g/mol. The molecular formula is C22H28N2O3. The van der Waals surface area contributed by atoms with E-state index in [1.54, 1.807) is 0 Å². The number of carbonyl (C=O) groups excluding carboxylic acids is 1. The molecule has 1 aromatic carbocycles. The third kappa shape index (κ3) is 5.07. The summed E-state index contributed by atoms with van der Waals surface area (Å²) in [4.78, 5) is 18.9. The van der Waals surface area contributed by atoms with Gasteiger partial charge in [0.05, 0.1) is 12.3 Å². The number of amides is 1. The third-order valence-corrected chi connectivity index (χ3v) is 5.09. The number of rotatable bonds is 7. The first kappa shape index (κ1) is 19.4.